The van der Waals surface area contributed by atoms with Gasteiger partial charge in [0.1, 0.15) is 0 Å². The maximum atomic E-state index is 12.9. The lowest BCUT2D eigenvalue weighted by molar-refractivity contribution is -0.149. The van der Waals surface area contributed by atoms with Gasteiger partial charge in [-0.25, -0.2) is 0 Å². The largest absolute Gasteiger partial charge is 0.304 e. The van der Waals surface area contributed by atoms with Gasteiger partial charge in [-0.3, -0.25) is 4.79 Å². The zero-order chi connectivity index (χ0) is 20.4. The van der Waals surface area contributed by atoms with E-state index < -0.39 is 0 Å². The number of amides is 1. The minimum absolute atomic E-state index is 0.0349. The first-order valence-corrected chi connectivity index (χ1v) is 9.55. The summed E-state index contributed by atoms with van der Waals surface area (Å²) in [5.41, 5.74) is 2.87. The molecule has 0 saturated carbocycles. The number of β-lactam (4-membered cyclic amide) rings is 1. The van der Waals surface area contributed by atoms with E-state index in [9.17, 15) is 4.79 Å². The van der Waals surface area contributed by atoms with Crippen LogP contribution in [0.15, 0.2) is 98.3 Å². The normalized spacial score (nSPS) is 21.6. The second kappa shape index (κ2) is 11.2. The lowest BCUT2D eigenvalue weighted by atomic mass is 9.77. The second-order valence-corrected chi connectivity index (χ2v) is 6.76. The van der Waals surface area contributed by atoms with E-state index in [2.05, 4.69) is 52.8 Å². The molecule has 1 amide bonds. The molecule has 1 fully saturated rings. The molecule has 1 aliphatic rings. The zero-order valence-corrected chi connectivity index (χ0v) is 16.9. The van der Waals surface area contributed by atoms with Gasteiger partial charge in [0.15, 0.2) is 0 Å². The molecule has 0 aromatic carbocycles. The van der Waals surface area contributed by atoms with Crippen LogP contribution in [0.3, 0.4) is 0 Å². The van der Waals surface area contributed by atoms with Crippen molar-refractivity contribution in [1.82, 2.24) is 4.90 Å². The van der Waals surface area contributed by atoms with E-state index in [1.54, 1.807) is 23.1 Å². The quantitative estimate of drug-likeness (QED) is 0.294. The molecule has 0 radical (unpaired) electrons. The van der Waals surface area contributed by atoms with Crippen molar-refractivity contribution in [2.24, 2.45) is 11.8 Å². The van der Waals surface area contributed by atoms with Crippen LogP contribution < -0.4 is 0 Å². The number of hydrogen-bond donors (Lipinski definition) is 0. The van der Waals surface area contributed by atoms with Crippen LogP contribution in [0, 0.1) is 11.8 Å². The number of hydrogen-bond acceptors (Lipinski definition) is 1. The van der Waals surface area contributed by atoms with Gasteiger partial charge in [-0.2, -0.15) is 0 Å². The van der Waals surface area contributed by atoms with Gasteiger partial charge < -0.3 is 4.90 Å². The lowest BCUT2D eigenvalue weighted by Crippen LogP contribution is -2.60. The monoisotopic (exact) mass is 363 g/mol. The van der Waals surface area contributed by atoms with Gasteiger partial charge in [-0.1, -0.05) is 83.2 Å². The van der Waals surface area contributed by atoms with Crippen molar-refractivity contribution in [2.45, 2.75) is 39.2 Å². The summed E-state index contributed by atoms with van der Waals surface area (Å²) in [6.45, 7) is 23.7. The lowest BCUT2D eigenvalue weighted by Gasteiger charge is -2.48. The molecule has 1 aliphatic heterocycles. The van der Waals surface area contributed by atoms with E-state index >= 15 is 0 Å². The fraction of sp³-hybridized carbons (Fsp3) is 0.320. The van der Waals surface area contributed by atoms with Crippen molar-refractivity contribution in [3.8, 4) is 0 Å². The van der Waals surface area contributed by atoms with Gasteiger partial charge in [0.25, 0.3) is 0 Å². The summed E-state index contributed by atoms with van der Waals surface area (Å²) in [7, 11) is 0. The molecule has 2 nitrogen and oxygen atoms in total. The molecule has 3 unspecified atom stereocenters. The minimum Gasteiger partial charge on any atom is -0.304 e. The Hall–Kier alpha value is -2.61. The molecule has 0 aromatic heterocycles. The third-order valence-corrected chi connectivity index (χ3v) is 4.96. The van der Waals surface area contributed by atoms with Crippen LogP contribution >= 0.6 is 0 Å². The highest BCUT2D eigenvalue weighted by molar-refractivity contribution is 5.90. The van der Waals surface area contributed by atoms with Gasteiger partial charge in [-0.05, 0) is 48.5 Å². The van der Waals surface area contributed by atoms with Crippen LogP contribution in [-0.4, -0.2) is 16.8 Å². The highest BCUT2D eigenvalue weighted by Gasteiger charge is 2.48. The molecule has 0 aromatic rings. The molecule has 1 rings (SSSR count). The van der Waals surface area contributed by atoms with Crippen LogP contribution in [-0.2, 0) is 4.79 Å². The van der Waals surface area contributed by atoms with Crippen molar-refractivity contribution >= 4 is 5.91 Å². The van der Waals surface area contributed by atoms with Gasteiger partial charge in [-0.15, -0.1) is 0 Å². The molecular weight excluding hydrogens is 330 g/mol. The molecule has 144 valence electrons. The zero-order valence-electron chi connectivity index (χ0n) is 16.9. The number of carbonyl (C=O) groups excluding carboxylic acids is 1. The van der Waals surface area contributed by atoms with Gasteiger partial charge >= 0.3 is 0 Å². The molecular formula is C25H33NO. The Morgan fingerprint density at radius 1 is 1.15 bits per heavy atom. The number of likely N-dealkylation sites (tertiary alicyclic amines) is 1. The molecule has 2 heteroatoms. The first-order valence-electron chi connectivity index (χ1n) is 9.55. The molecule has 0 spiro atoms. The van der Waals surface area contributed by atoms with E-state index in [0.29, 0.717) is 5.92 Å². The van der Waals surface area contributed by atoms with Crippen molar-refractivity contribution < 1.29 is 4.79 Å². The Balaban J connectivity index is 3.02. The number of rotatable bonds is 12. The summed E-state index contributed by atoms with van der Waals surface area (Å²) in [6.07, 6.45) is 17.6. The predicted molar refractivity (Wildman–Crippen MR) is 118 cm³/mol. The fourth-order valence-electron chi connectivity index (χ4n) is 3.44. The molecule has 27 heavy (non-hydrogen) atoms. The number of allylic oxidation sites excluding steroid dienone is 8. The second-order valence-electron chi connectivity index (χ2n) is 6.76. The number of carbonyl (C=O) groups is 1. The summed E-state index contributed by atoms with van der Waals surface area (Å²) in [4.78, 5) is 14.7. The Kier molecular flexibility index (Phi) is 9.29. The average molecular weight is 364 g/mol. The van der Waals surface area contributed by atoms with Crippen molar-refractivity contribution in [2.75, 3.05) is 0 Å². The fourth-order valence-corrected chi connectivity index (χ4v) is 3.44. The summed E-state index contributed by atoms with van der Waals surface area (Å²) in [5, 5.41) is 0. The SMILES string of the molecule is C=C/C=C(\C=C)C(C)CCC1C(=O)N(/C(C=C)=C/C=C)C1C(=C)/C=C\CC. The minimum atomic E-state index is -0.0654. The van der Waals surface area contributed by atoms with Gasteiger partial charge in [0.2, 0.25) is 5.91 Å². The molecule has 3 atom stereocenters. The van der Waals surface area contributed by atoms with Gasteiger partial charge in [0, 0.05) is 5.70 Å². The highest BCUT2D eigenvalue weighted by atomic mass is 16.2. The topological polar surface area (TPSA) is 20.3 Å². The van der Waals surface area contributed by atoms with E-state index in [4.69, 9.17) is 0 Å². The Morgan fingerprint density at radius 2 is 1.81 bits per heavy atom. The van der Waals surface area contributed by atoms with Crippen LogP contribution in [0.2, 0.25) is 0 Å². The first-order chi connectivity index (χ1) is 13.0. The predicted octanol–water partition coefficient (Wildman–Crippen LogP) is 6.31. The summed E-state index contributed by atoms with van der Waals surface area (Å²) < 4.78 is 0. The molecule has 1 heterocycles. The Labute approximate surface area is 165 Å². The van der Waals surface area contributed by atoms with Crippen molar-refractivity contribution in [3.63, 3.8) is 0 Å². The third-order valence-electron chi connectivity index (χ3n) is 4.96. The maximum Gasteiger partial charge on any atom is 0.233 e. The summed E-state index contributed by atoms with van der Waals surface area (Å²) in [5.74, 6) is 0.383. The van der Waals surface area contributed by atoms with Crippen LogP contribution in [0.1, 0.15) is 33.1 Å². The summed E-state index contributed by atoms with van der Waals surface area (Å²) in [6, 6.07) is -0.0349. The molecule has 0 aliphatic carbocycles. The molecule has 0 N–H and O–H groups in total. The van der Waals surface area contributed by atoms with E-state index in [1.165, 1.54) is 0 Å². The molecule has 1 saturated heterocycles. The smallest absolute Gasteiger partial charge is 0.233 e. The Bertz CT molecular complexity index is 689. The van der Waals surface area contributed by atoms with Gasteiger partial charge in [0.05, 0.1) is 12.0 Å². The van der Waals surface area contributed by atoms with Crippen LogP contribution in [0.25, 0.3) is 0 Å². The highest BCUT2D eigenvalue weighted by Crippen LogP contribution is 2.39. The standard InChI is InChI=1S/C25H33NO/c1-8-13-16-20(7)24-23(18-17-19(6)21(11-4)14-9-2)25(27)26(24)22(12-5)15-10-3/h9-16,19,23-24H,2-5,7-8,17-18H2,1,6H3/b16-13-,21-14+,22-15+. The first kappa shape index (κ1) is 22.4. The average Bonchev–Trinajstić information content (AvgIpc) is 2.67. The summed E-state index contributed by atoms with van der Waals surface area (Å²) >= 11 is 0. The van der Waals surface area contributed by atoms with Crippen LogP contribution in [0.5, 0.6) is 0 Å². The Morgan fingerprint density at radius 3 is 2.33 bits per heavy atom. The van der Waals surface area contributed by atoms with Crippen molar-refractivity contribution in [1.29, 1.82) is 0 Å². The van der Waals surface area contributed by atoms with E-state index in [1.807, 2.05) is 24.3 Å². The van der Waals surface area contributed by atoms with Crippen molar-refractivity contribution in [3.05, 3.63) is 98.3 Å². The van der Waals surface area contributed by atoms with E-state index in [-0.39, 0.29) is 17.9 Å². The van der Waals surface area contributed by atoms with Crippen LogP contribution in [0.4, 0.5) is 0 Å². The third kappa shape index (κ3) is 5.43. The molecule has 0 bridgehead atoms. The number of nitrogens with zero attached hydrogens (tertiary/aromatic N) is 1. The van der Waals surface area contributed by atoms with E-state index in [0.717, 1.165) is 36.1 Å². The maximum absolute atomic E-state index is 12.9.